The Hall–Kier alpha value is -2.47. The maximum absolute atomic E-state index is 13.2. The number of rotatable bonds is 5. The van der Waals surface area contributed by atoms with Crippen molar-refractivity contribution in [3.05, 3.63) is 56.7 Å². The van der Waals surface area contributed by atoms with Crippen LogP contribution in [0.5, 0.6) is 5.75 Å². The number of carbonyl (C=O) groups is 1. The summed E-state index contributed by atoms with van der Waals surface area (Å²) in [6, 6.07) is 10.1. The van der Waals surface area contributed by atoms with Gasteiger partial charge in [-0.2, -0.15) is 5.26 Å². The third-order valence-electron chi connectivity index (χ3n) is 5.58. The van der Waals surface area contributed by atoms with Crippen LogP contribution in [-0.4, -0.2) is 35.8 Å². The van der Waals surface area contributed by atoms with E-state index >= 15 is 0 Å². The van der Waals surface area contributed by atoms with Gasteiger partial charge in [-0.15, -0.1) is 11.8 Å². The van der Waals surface area contributed by atoms with E-state index in [1.165, 1.54) is 0 Å². The number of aromatic nitrogens is 1. The van der Waals surface area contributed by atoms with Crippen LogP contribution in [0.15, 0.2) is 33.6 Å². The fourth-order valence-corrected chi connectivity index (χ4v) is 5.79. The highest BCUT2D eigenvalue weighted by molar-refractivity contribution is 9.10. The van der Waals surface area contributed by atoms with Crippen LogP contribution >= 0.6 is 27.7 Å². The molecular formula is C24H24BrN3O3S. The van der Waals surface area contributed by atoms with Crippen molar-refractivity contribution in [2.45, 2.75) is 31.0 Å². The fourth-order valence-electron chi connectivity index (χ4n) is 4.05. The zero-order valence-electron chi connectivity index (χ0n) is 18.5. The van der Waals surface area contributed by atoms with Crippen LogP contribution in [0.2, 0.25) is 0 Å². The summed E-state index contributed by atoms with van der Waals surface area (Å²) in [5, 5.41) is 10.4. The van der Waals surface area contributed by atoms with Crippen molar-refractivity contribution in [3.8, 4) is 11.8 Å². The van der Waals surface area contributed by atoms with E-state index in [-0.39, 0.29) is 5.97 Å². The molecule has 2 heterocycles. The molecule has 1 aliphatic rings. The van der Waals surface area contributed by atoms with Crippen molar-refractivity contribution < 1.29 is 14.3 Å². The minimum Gasteiger partial charge on any atom is -0.477 e. The molecule has 0 radical (unpaired) electrons. The molecule has 0 amide bonds. The summed E-state index contributed by atoms with van der Waals surface area (Å²) in [7, 11) is 3.95. The number of aryl methyl sites for hydroxylation is 2. The topological polar surface area (TPSA) is 67.5 Å². The van der Waals surface area contributed by atoms with E-state index in [1.54, 1.807) is 11.8 Å². The number of nitriles is 1. The first-order valence-corrected chi connectivity index (χ1v) is 12.1. The molecule has 32 heavy (non-hydrogen) atoms. The van der Waals surface area contributed by atoms with Crippen molar-refractivity contribution in [2.24, 2.45) is 7.05 Å². The summed E-state index contributed by atoms with van der Waals surface area (Å²) >= 11 is 5.20. The van der Waals surface area contributed by atoms with Crippen molar-refractivity contribution in [1.29, 1.82) is 5.26 Å². The second-order valence-electron chi connectivity index (χ2n) is 7.85. The molecule has 0 bridgehead atoms. The summed E-state index contributed by atoms with van der Waals surface area (Å²) < 4.78 is 14.4. The fraction of sp³-hybridized carbons (Fsp3) is 0.333. The number of benzene rings is 2. The first kappa shape index (κ1) is 22.7. The molecule has 0 saturated carbocycles. The minimum absolute atomic E-state index is 0.299. The van der Waals surface area contributed by atoms with Crippen LogP contribution < -0.4 is 4.74 Å². The van der Waals surface area contributed by atoms with Gasteiger partial charge in [0, 0.05) is 40.9 Å². The van der Waals surface area contributed by atoms with Gasteiger partial charge < -0.3 is 14.0 Å². The van der Waals surface area contributed by atoms with E-state index in [2.05, 4.69) is 31.5 Å². The molecule has 3 aromatic rings. The number of carbonyl (C=O) groups excluding carboxylic acids is 1. The summed E-state index contributed by atoms with van der Waals surface area (Å²) in [6.45, 7) is 5.28. The van der Waals surface area contributed by atoms with Crippen LogP contribution in [0.25, 0.3) is 10.9 Å². The number of halogens is 1. The Bertz CT molecular complexity index is 1260. The Morgan fingerprint density at radius 1 is 1.34 bits per heavy atom. The van der Waals surface area contributed by atoms with Crippen LogP contribution in [0.4, 0.5) is 0 Å². The molecule has 4 rings (SSSR count). The highest BCUT2D eigenvalue weighted by Crippen LogP contribution is 2.43. The predicted molar refractivity (Wildman–Crippen MR) is 129 cm³/mol. The van der Waals surface area contributed by atoms with Crippen molar-refractivity contribution >= 4 is 44.6 Å². The van der Waals surface area contributed by atoms with Gasteiger partial charge in [0.15, 0.2) is 0 Å². The predicted octanol–water partition coefficient (Wildman–Crippen LogP) is 5.37. The maximum Gasteiger partial charge on any atom is 0.340 e. The van der Waals surface area contributed by atoms with E-state index < -0.39 is 0 Å². The number of hydrogen-bond acceptors (Lipinski definition) is 6. The van der Waals surface area contributed by atoms with Gasteiger partial charge in [-0.25, -0.2) is 4.79 Å². The Morgan fingerprint density at radius 2 is 2.12 bits per heavy atom. The quantitative estimate of drug-likeness (QED) is 0.337. The number of thioether (sulfide) groups is 1. The van der Waals surface area contributed by atoms with E-state index in [0.29, 0.717) is 36.8 Å². The largest absolute Gasteiger partial charge is 0.477 e. The molecule has 2 aromatic carbocycles. The van der Waals surface area contributed by atoms with Crippen molar-refractivity contribution in [3.63, 3.8) is 0 Å². The average molecular weight is 514 g/mol. The smallest absolute Gasteiger partial charge is 0.340 e. The molecule has 0 fully saturated rings. The van der Waals surface area contributed by atoms with Crippen LogP contribution in [-0.2, 0) is 24.1 Å². The van der Waals surface area contributed by atoms with Gasteiger partial charge in [-0.3, -0.25) is 4.90 Å². The Labute approximate surface area is 200 Å². The highest BCUT2D eigenvalue weighted by Gasteiger charge is 2.29. The van der Waals surface area contributed by atoms with Crippen LogP contribution in [0.3, 0.4) is 0 Å². The molecule has 8 heteroatoms. The molecule has 0 atom stereocenters. The summed E-state index contributed by atoms with van der Waals surface area (Å²) in [4.78, 5) is 16.1. The lowest BCUT2D eigenvalue weighted by molar-refractivity contribution is 0.0527. The normalized spacial score (nSPS) is 13.5. The van der Waals surface area contributed by atoms with Gasteiger partial charge in [0.25, 0.3) is 0 Å². The van der Waals surface area contributed by atoms with Gasteiger partial charge in [0.2, 0.25) is 0 Å². The molecule has 0 spiro atoms. The Balaban J connectivity index is 1.89. The first-order valence-electron chi connectivity index (χ1n) is 10.3. The van der Waals surface area contributed by atoms with E-state index in [9.17, 15) is 10.1 Å². The van der Waals surface area contributed by atoms with Crippen LogP contribution in [0, 0.1) is 18.3 Å². The maximum atomic E-state index is 13.2. The van der Waals surface area contributed by atoms with Gasteiger partial charge >= 0.3 is 5.97 Å². The lowest BCUT2D eigenvalue weighted by Gasteiger charge is -2.27. The zero-order chi connectivity index (χ0) is 23.0. The number of nitrogens with zero attached hydrogens (tertiary/aromatic N) is 3. The second kappa shape index (κ2) is 9.18. The Kier molecular flexibility index (Phi) is 6.52. The standard InChI is InChI=1S/C24H24BrN3O3S/c1-5-30-24(29)22-19(12-32-20-8-14(2)6-7-15(20)10-26)28(4)18-9-17(25)23-16(21(18)22)11-27(3)13-31-23/h6-9H,5,11-13H2,1-4H3. The molecular weight excluding hydrogens is 490 g/mol. The number of esters is 1. The first-order chi connectivity index (χ1) is 15.3. The van der Waals surface area contributed by atoms with E-state index in [4.69, 9.17) is 9.47 Å². The molecule has 6 nitrogen and oxygen atoms in total. The van der Waals surface area contributed by atoms with Crippen molar-refractivity contribution in [1.82, 2.24) is 9.47 Å². The zero-order valence-corrected chi connectivity index (χ0v) is 20.9. The number of hydrogen-bond donors (Lipinski definition) is 0. The SMILES string of the molecule is CCOC(=O)c1c(CSc2cc(C)ccc2C#N)n(C)c2cc(Br)c3c(c12)CN(C)CO3. The molecule has 0 N–H and O–H groups in total. The van der Waals surface area contributed by atoms with Crippen molar-refractivity contribution in [2.75, 3.05) is 20.4 Å². The van der Waals surface area contributed by atoms with E-state index in [1.807, 2.05) is 52.2 Å². The van der Waals surface area contributed by atoms with Gasteiger partial charge in [-0.1, -0.05) is 6.07 Å². The van der Waals surface area contributed by atoms with E-state index in [0.717, 1.165) is 42.8 Å². The van der Waals surface area contributed by atoms with Crippen LogP contribution in [0.1, 0.15) is 39.7 Å². The summed E-state index contributed by atoms with van der Waals surface area (Å²) in [5.74, 6) is 0.966. The average Bonchev–Trinajstić information content (AvgIpc) is 3.04. The molecule has 166 valence electrons. The third kappa shape index (κ3) is 4.01. The molecule has 1 aliphatic heterocycles. The summed E-state index contributed by atoms with van der Waals surface area (Å²) in [5.41, 5.74) is 5.08. The number of fused-ring (bicyclic) bond motifs is 3. The second-order valence-corrected chi connectivity index (χ2v) is 9.72. The lowest BCUT2D eigenvalue weighted by atomic mass is 10.0. The monoisotopic (exact) mass is 513 g/mol. The Morgan fingerprint density at radius 3 is 2.84 bits per heavy atom. The van der Waals surface area contributed by atoms with Gasteiger partial charge in [0.1, 0.15) is 18.5 Å². The van der Waals surface area contributed by atoms with Gasteiger partial charge in [0.05, 0.1) is 27.7 Å². The molecule has 0 aliphatic carbocycles. The number of ether oxygens (including phenoxy) is 2. The summed E-state index contributed by atoms with van der Waals surface area (Å²) in [6.07, 6.45) is 0. The van der Waals surface area contributed by atoms with Gasteiger partial charge in [-0.05, 0) is 60.6 Å². The third-order valence-corrected chi connectivity index (χ3v) is 7.23. The highest BCUT2D eigenvalue weighted by atomic mass is 79.9. The molecule has 1 aromatic heterocycles. The minimum atomic E-state index is -0.337. The lowest BCUT2D eigenvalue weighted by Crippen LogP contribution is -2.28. The molecule has 0 unspecified atom stereocenters. The molecule has 0 saturated heterocycles.